The van der Waals surface area contributed by atoms with Crippen molar-refractivity contribution >= 4 is 16.7 Å². The van der Waals surface area contributed by atoms with Crippen LogP contribution in [0.15, 0.2) is 30.3 Å². The van der Waals surface area contributed by atoms with E-state index in [9.17, 15) is 0 Å². The summed E-state index contributed by atoms with van der Waals surface area (Å²) in [4.78, 5) is 7.05. The highest BCUT2D eigenvalue weighted by molar-refractivity contribution is 7.09. The van der Waals surface area contributed by atoms with Gasteiger partial charge in [-0.3, -0.25) is 4.90 Å². The maximum Gasteiger partial charge on any atom is 0.202 e. The number of benzene rings is 1. The van der Waals surface area contributed by atoms with E-state index < -0.39 is 0 Å². The van der Waals surface area contributed by atoms with Crippen molar-refractivity contribution in [2.75, 3.05) is 31.6 Å². The summed E-state index contributed by atoms with van der Waals surface area (Å²) in [6, 6.07) is 11.0. The molecule has 2 heterocycles. The molecule has 1 N–H and O–H groups in total. The van der Waals surface area contributed by atoms with Crippen LogP contribution in [0.5, 0.6) is 0 Å². The third-order valence-electron chi connectivity index (χ3n) is 3.99. The van der Waals surface area contributed by atoms with Crippen LogP contribution in [0, 0.1) is 0 Å². The Hall–Kier alpha value is -1.50. The summed E-state index contributed by atoms with van der Waals surface area (Å²) in [6.07, 6.45) is 0. The van der Waals surface area contributed by atoms with E-state index in [1.54, 1.807) is 0 Å². The molecule has 0 saturated carbocycles. The Morgan fingerprint density at radius 2 is 2.23 bits per heavy atom. The Labute approximate surface area is 135 Å². The van der Waals surface area contributed by atoms with Crippen LogP contribution in [0.2, 0.25) is 0 Å². The van der Waals surface area contributed by atoms with Crippen molar-refractivity contribution in [3.63, 3.8) is 0 Å². The second kappa shape index (κ2) is 7.17. The highest BCUT2D eigenvalue weighted by Crippen LogP contribution is 2.21. The third kappa shape index (κ3) is 3.63. The molecule has 1 aliphatic heterocycles. The highest BCUT2D eigenvalue weighted by Gasteiger charge is 2.23. The summed E-state index contributed by atoms with van der Waals surface area (Å²) in [7, 11) is 0. The molecular weight excluding hydrogens is 296 g/mol. The first kappa shape index (κ1) is 15.4. The monoisotopic (exact) mass is 318 g/mol. The normalized spacial score (nSPS) is 20.7. The van der Waals surface area contributed by atoms with E-state index in [0.717, 1.165) is 42.8 Å². The molecule has 0 aliphatic carbocycles. The SMILES string of the molecule is CC(CNc1nc(-c2ccccc2)ns1)N1CCOCC1C. The van der Waals surface area contributed by atoms with Gasteiger partial charge in [0.25, 0.3) is 0 Å². The van der Waals surface area contributed by atoms with Gasteiger partial charge in [0.05, 0.1) is 13.2 Å². The molecule has 5 nitrogen and oxygen atoms in total. The van der Waals surface area contributed by atoms with Crippen molar-refractivity contribution in [2.24, 2.45) is 0 Å². The maximum atomic E-state index is 5.49. The number of hydrogen-bond acceptors (Lipinski definition) is 6. The molecule has 118 valence electrons. The minimum atomic E-state index is 0.447. The topological polar surface area (TPSA) is 50.3 Å². The zero-order valence-corrected chi connectivity index (χ0v) is 13.8. The minimum absolute atomic E-state index is 0.447. The second-order valence-electron chi connectivity index (χ2n) is 5.68. The van der Waals surface area contributed by atoms with Crippen LogP contribution in [0.3, 0.4) is 0 Å². The number of ether oxygens (including phenoxy) is 1. The van der Waals surface area contributed by atoms with Crippen LogP contribution in [-0.4, -0.2) is 52.6 Å². The van der Waals surface area contributed by atoms with E-state index >= 15 is 0 Å². The molecular formula is C16H22N4OS. The number of rotatable bonds is 5. The van der Waals surface area contributed by atoms with Gasteiger partial charge >= 0.3 is 0 Å². The molecule has 2 atom stereocenters. The molecule has 0 bridgehead atoms. The van der Waals surface area contributed by atoms with Gasteiger partial charge in [-0.05, 0) is 13.8 Å². The van der Waals surface area contributed by atoms with Crippen molar-refractivity contribution in [1.82, 2.24) is 14.3 Å². The fourth-order valence-electron chi connectivity index (χ4n) is 2.75. The lowest BCUT2D eigenvalue weighted by molar-refractivity contribution is -0.0159. The minimum Gasteiger partial charge on any atom is -0.379 e. The molecule has 2 unspecified atom stereocenters. The van der Waals surface area contributed by atoms with Crippen LogP contribution < -0.4 is 5.32 Å². The number of hydrogen-bond donors (Lipinski definition) is 1. The predicted molar refractivity (Wildman–Crippen MR) is 90.3 cm³/mol. The standard InChI is InChI=1S/C16H22N4OS/c1-12(20-8-9-21-11-13(20)2)10-17-16-18-15(19-22-16)14-6-4-3-5-7-14/h3-7,12-13H,8-11H2,1-2H3,(H,17,18,19). The van der Waals surface area contributed by atoms with Gasteiger partial charge in [-0.25, -0.2) is 0 Å². The second-order valence-corrected chi connectivity index (χ2v) is 6.43. The van der Waals surface area contributed by atoms with Gasteiger partial charge in [-0.15, -0.1) is 0 Å². The molecule has 2 aromatic rings. The van der Waals surface area contributed by atoms with Crippen molar-refractivity contribution in [3.8, 4) is 11.4 Å². The van der Waals surface area contributed by atoms with Gasteiger partial charge in [0, 0.05) is 42.3 Å². The van der Waals surface area contributed by atoms with Crippen molar-refractivity contribution < 1.29 is 4.74 Å². The van der Waals surface area contributed by atoms with Crippen LogP contribution >= 0.6 is 11.5 Å². The lowest BCUT2D eigenvalue weighted by Gasteiger charge is -2.37. The first-order valence-electron chi connectivity index (χ1n) is 7.70. The number of morpholine rings is 1. The lowest BCUT2D eigenvalue weighted by Crippen LogP contribution is -2.50. The third-order valence-corrected chi connectivity index (χ3v) is 4.66. The van der Waals surface area contributed by atoms with Gasteiger partial charge in [-0.2, -0.15) is 9.36 Å². The Morgan fingerprint density at radius 3 is 3.00 bits per heavy atom. The summed E-state index contributed by atoms with van der Waals surface area (Å²) in [5, 5.41) is 4.30. The average molecular weight is 318 g/mol. The van der Waals surface area contributed by atoms with Gasteiger partial charge in [0.2, 0.25) is 5.13 Å². The van der Waals surface area contributed by atoms with E-state index in [1.807, 2.05) is 30.3 Å². The summed E-state index contributed by atoms with van der Waals surface area (Å²) in [5.74, 6) is 0.792. The van der Waals surface area contributed by atoms with Crippen molar-refractivity contribution in [2.45, 2.75) is 25.9 Å². The summed E-state index contributed by atoms with van der Waals surface area (Å²) < 4.78 is 9.92. The Morgan fingerprint density at radius 1 is 1.41 bits per heavy atom. The first-order chi connectivity index (χ1) is 10.7. The van der Waals surface area contributed by atoms with Crippen LogP contribution in [0.25, 0.3) is 11.4 Å². The maximum absolute atomic E-state index is 5.49. The number of anilines is 1. The first-order valence-corrected chi connectivity index (χ1v) is 8.48. The summed E-state index contributed by atoms with van der Waals surface area (Å²) in [5.41, 5.74) is 1.06. The summed E-state index contributed by atoms with van der Waals surface area (Å²) >= 11 is 1.42. The van der Waals surface area contributed by atoms with Gasteiger partial charge in [0.1, 0.15) is 0 Å². The van der Waals surface area contributed by atoms with Gasteiger partial charge < -0.3 is 10.1 Å². The van der Waals surface area contributed by atoms with Gasteiger partial charge in [0.15, 0.2) is 5.82 Å². The molecule has 0 radical (unpaired) electrons. The van der Waals surface area contributed by atoms with Crippen LogP contribution in [0.4, 0.5) is 5.13 Å². The fourth-order valence-corrected chi connectivity index (χ4v) is 3.34. The molecule has 22 heavy (non-hydrogen) atoms. The van der Waals surface area contributed by atoms with E-state index in [2.05, 4.69) is 33.4 Å². The molecule has 1 aromatic heterocycles. The lowest BCUT2D eigenvalue weighted by atomic mass is 10.2. The Balaban J connectivity index is 1.57. The van der Waals surface area contributed by atoms with E-state index in [4.69, 9.17) is 4.74 Å². The molecule has 1 aliphatic rings. The fraction of sp³-hybridized carbons (Fsp3) is 0.500. The average Bonchev–Trinajstić information content (AvgIpc) is 3.03. The van der Waals surface area contributed by atoms with E-state index in [-0.39, 0.29) is 0 Å². The zero-order chi connectivity index (χ0) is 15.4. The number of nitrogens with one attached hydrogen (secondary N) is 1. The van der Waals surface area contributed by atoms with Crippen molar-refractivity contribution in [1.29, 1.82) is 0 Å². The molecule has 1 aromatic carbocycles. The summed E-state index contributed by atoms with van der Waals surface area (Å²) in [6.45, 7) is 7.97. The largest absolute Gasteiger partial charge is 0.379 e. The van der Waals surface area contributed by atoms with Crippen molar-refractivity contribution in [3.05, 3.63) is 30.3 Å². The van der Waals surface area contributed by atoms with E-state index in [0.29, 0.717) is 12.1 Å². The molecule has 1 fully saturated rings. The van der Waals surface area contributed by atoms with Gasteiger partial charge in [-0.1, -0.05) is 30.3 Å². The predicted octanol–water partition coefficient (Wildman–Crippen LogP) is 2.73. The molecule has 0 amide bonds. The quantitative estimate of drug-likeness (QED) is 0.918. The Bertz CT molecular complexity index is 589. The van der Waals surface area contributed by atoms with E-state index in [1.165, 1.54) is 11.5 Å². The zero-order valence-electron chi connectivity index (χ0n) is 13.0. The molecule has 6 heteroatoms. The smallest absolute Gasteiger partial charge is 0.202 e. The number of aromatic nitrogens is 2. The molecule has 1 saturated heterocycles. The highest BCUT2D eigenvalue weighted by atomic mass is 32.1. The number of nitrogens with zero attached hydrogens (tertiary/aromatic N) is 3. The molecule has 0 spiro atoms. The van der Waals surface area contributed by atoms with Crippen LogP contribution in [-0.2, 0) is 4.74 Å². The Kier molecular flexibility index (Phi) is 5.02. The molecule has 3 rings (SSSR count). The van der Waals surface area contributed by atoms with Crippen LogP contribution in [0.1, 0.15) is 13.8 Å².